The fraction of sp³-hybridized carbons (Fsp3) is 0.353. The van der Waals surface area contributed by atoms with Crippen molar-refractivity contribution in [3.05, 3.63) is 223 Å². The maximum Gasteiger partial charge on any atom is 0.0536 e. The van der Waals surface area contributed by atoms with Gasteiger partial charge in [-0.3, -0.25) is 0 Å². The Hall–Kier alpha value is -6.12. The molecule has 0 aromatic heterocycles. The monoisotopic (exact) mass is 915 g/mol. The van der Waals surface area contributed by atoms with Crippen LogP contribution in [-0.4, -0.2) is 4.90 Å². The molecular weight excluding hydrogens is 845 g/mol. The third kappa shape index (κ3) is 7.33. The van der Waals surface area contributed by atoms with Gasteiger partial charge in [-0.15, -0.1) is 0 Å². The van der Waals surface area contributed by atoms with Gasteiger partial charge in [0.25, 0.3) is 0 Å². The average Bonchev–Trinajstić information content (AvgIpc) is 3.41. The highest BCUT2D eigenvalue weighted by Crippen LogP contribution is 2.62. The Bertz CT molecular complexity index is 3210. The SMILES string of the molecule is CC(C)C1=CC(N(C2=CC=C(c3ccccc3)CC2)C2=c3ccccc3=CCC2)=C2C=C3c4c(cc(N(C5=CCC(C6CC=CCC6)C=C5)C5=C6C=CC=CC6CCC5)c5c4C2C1C=C5)CCC3(C)C. The summed E-state index contributed by atoms with van der Waals surface area (Å²) in [5, 5.41) is 2.75. The Balaban J connectivity index is 1.05. The number of nitrogens with zero attached hydrogens (tertiary/aromatic N) is 2. The van der Waals surface area contributed by atoms with Crippen LogP contribution in [0.4, 0.5) is 5.69 Å². The summed E-state index contributed by atoms with van der Waals surface area (Å²) in [5.74, 6) is 2.75. The molecule has 0 bridgehead atoms. The van der Waals surface area contributed by atoms with Crippen molar-refractivity contribution in [2.75, 3.05) is 4.90 Å². The summed E-state index contributed by atoms with van der Waals surface area (Å²) in [4.78, 5) is 5.61. The number of hydrogen-bond donors (Lipinski definition) is 0. The Morgan fingerprint density at radius 1 is 0.714 bits per heavy atom. The highest BCUT2D eigenvalue weighted by Gasteiger charge is 2.47. The van der Waals surface area contributed by atoms with E-state index < -0.39 is 0 Å². The van der Waals surface area contributed by atoms with Gasteiger partial charge in [-0.2, -0.15) is 0 Å². The van der Waals surface area contributed by atoms with Crippen LogP contribution >= 0.6 is 0 Å². The van der Waals surface area contributed by atoms with Crippen LogP contribution in [-0.2, 0) is 6.42 Å². The van der Waals surface area contributed by atoms with Crippen molar-refractivity contribution in [2.45, 2.75) is 117 Å². The molecule has 0 aliphatic heterocycles. The van der Waals surface area contributed by atoms with E-state index in [9.17, 15) is 0 Å². The molecule has 0 heterocycles. The summed E-state index contributed by atoms with van der Waals surface area (Å²) in [7, 11) is 0. The lowest BCUT2D eigenvalue weighted by atomic mass is 9.57. The Labute approximate surface area is 418 Å². The first kappa shape index (κ1) is 43.9. The van der Waals surface area contributed by atoms with Crippen LogP contribution in [0.25, 0.3) is 29.0 Å². The van der Waals surface area contributed by atoms with Gasteiger partial charge in [0.2, 0.25) is 0 Å². The van der Waals surface area contributed by atoms with Gasteiger partial charge in [-0.25, -0.2) is 0 Å². The molecule has 70 heavy (non-hydrogen) atoms. The molecule has 13 rings (SSSR count). The summed E-state index contributed by atoms with van der Waals surface area (Å²) in [5.41, 5.74) is 23.7. The molecule has 5 atom stereocenters. The van der Waals surface area contributed by atoms with Crippen molar-refractivity contribution in [2.24, 2.45) is 35.0 Å². The normalized spacial score (nSPS) is 26.6. The van der Waals surface area contributed by atoms with E-state index in [1.165, 1.54) is 105 Å². The van der Waals surface area contributed by atoms with Gasteiger partial charge >= 0.3 is 0 Å². The van der Waals surface area contributed by atoms with Gasteiger partial charge in [0.1, 0.15) is 0 Å². The van der Waals surface area contributed by atoms with E-state index in [0.29, 0.717) is 23.7 Å². The molecule has 0 spiro atoms. The second kappa shape index (κ2) is 17.6. The van der Waals surface area contributed by atoms with E-state index >= 15 is 0 Å². The zero-order valence-electron chi connectivity index (χ0n) is 42.1. The van der Waals surface area contributed by atoms with Crippen LogP contribution in [0.15, 0.2) is 185 Å². The van der Waals surface area contributed by atoms with Crippen LogP contribution in [0.3, 0.4) is 0 Å². The molecule has 10 aliphatic carbocycles. The summed E-state index contributed by atoms with van der Waals surface area (Å²) < 4.78 is 0. The third-order valence-corrected chi connectivity index (χ3v) is 18.2. The first-order chi connectivity index (χ1) is 34.3. The predicted octanol–water partition coefficient (Wildman–Crippen LogP) is 15.9. The van der Waals surface area contributed by atoms with E-state index in [4.69, 9.17) is 0 Å². The minimum absolute atomic E-state index is 0.0456. The zero-order chi connectivity index (χ0) is 47.1. The second-order valence-corrected chi connectivity index (χ2v) is 22.9. The van der Waals surface area contributed by atoms with E-state index in [2.05, 4.69) is 195 Å². The van der Waals surface area contributed by atoms with E-state index in [1.807, 2.05) is 0 Å². The van der Waals surface area contributed by atoms with Crippen LogP contribution in [0.1, 0.15) is 138 Å². The summed E-state index contributed by atoms with van der Waals surface area (Å²) in [6.45, 7) is 9.98. The highest BCUT2D eigenvalue weighted by atomic mass is 15.2. The molecule has 2 heteroatoms. The lowest BCUT2D eigenvalue weighted by Crippen LogP contribution is -2.39. The van der Waals surface area contributed by atoms with Gasteiger partial charge in [0.05, 0.1) is 5.69 Å². The molecule has 0 amide bonds. The lowest BCUT2D eigenvalue weighted by Gasteiger charge is -2.49. The second-order valence-electron chi connectivity index (χ2n) is 22.9. The first-order valence-electron chi connectivity index (χ1n) is 27.3. The first-order valence-corrected chi connectivity index (χ1v) is 27.3. The minimum atomic E-state index is 0.0456. The van der Waals surface area contributed by atoms with Crippen LogP contribution in [0.2, 0.25) is 0 Å². The number of benzene rings is 3. The molecule has 352 valence electrons. The minimum Gasteiger partial charge on any atom is -0.317 e. The van der Waals surface area contributed by atoms with Crippen LogP contribution in [0, 0.1) is 35.0 Å². The molecule has 0 fully saturated rings. The smallest absolute Gasteiger partial charge is 0.0536 e. The Kier molecular flexibility index (Phi) is 11.0. The number of anilines is 1. The third-order valence-electron chi connectivity index (χ3n) is 18.2. The molecule has 10 aliphatic rings. The maximum atomic E-state index is 2.81. The Morgan fingerprint density at radius 3 is 2.41 bits per heavy atom. The lowest BCUT2D eigenvalue weighted by molar-refractivity contribution is 0.364. The molecule has 0 saturated carbocycles. The zero-order valence-corrected chi connectivity index (χ0v) is 42.1. The van der Waals surface area contributed by atoms with Crippen LogP contribution < -0.4 is 15.3 Å². The van der Waals surface area contributed by atoms with E-state index in [1.54, 1.807) is 27.8 Å². The largest absolute Gasteiger partial charge is 0.317 e. The fourth-order valence-corrected chi connectivity index (χ4v) is 14.5. The van der Waals surface area contributed by atoms with E-state index in [0.717, 1.165) is 57.3 Å². The summed E-state index contributed by atoms with van der Waals surface area (Å²) in [6.07, 6.45) is 55.0. The number of rotatable bonds is 9. The molecule has 0 N–H and O–H groups in total. The van der Waals surface area contributed by atoms with Crippen molar-refractivity contribution < 1.29 is 0 Å². The van der Waals surface area contributed by atoms with Gasteiger partial charge in [0.15, 0.2) is 0 Å². The number of fused-ring (bicyclic) bond motifs is 2. The summed E-state index contributed by atoms with van der Waals surface area (Å²) in [6, 6.07) is 23.0. The van der Waals surface area contributed by atoms with Crippen molar-refractivity contribution >= 4 is 34.7 Å². The maximum absolute atomic E-state index is 2.81. The summed E-state index contributed by atoms with van der Waals surface area (Å²) >= 11 is 0. The van der Waals surface area contributed by atoms with Gasteiger partial charge in [-0.05, 0) is 181 Å². The van der Waals surface area contributed by atoms with Crippen molar-refractivity contribution in [1.82, 2.24) is 4.90 Å². The molecule has 0 radical (unpaired) electrons. The number of allylic oxidation sites excluding steroid dienone is 21. The molecular formula is C68H70N2. The van der Waals surface area contributed by atoms with Crippen molar-refractivity contribution in [3.63, 3.8) is 0 Å². The standard InChI is InChI=1S/C68H70N2/c1-44(2)58-43-64(70(62-28-16-24-50-22-12-14-26-55(50)62)53-35-31-48(32-36-53)46-19-9-6-10-20-46)59-42-60-65-51(39-40-68(60,3)4)41-63(57-38-37-56(58)66(59)67(57)65)69(61-27-15-23-49-21-11-13-25-54(49)61)52-33-29-47(30-34-52)45-17-7-5-8-18-45/h5-7,9-14,19-22,24-26,29,31,33-35,37-38,41-45,47,49,56,66H,8,15-18,23,27-28,30,32,36,39-40H2,1-4H3. The molecule has 3 aromatic carbocycles. The van der Waals surface area contributed by atoms with Crippen molar-refractivity contribution in [1.29, 1.82) is 0 Å². The number of aryl methyl sites for hydroxylation is 1. The average molecular weight is 915 g/mol. The van der Waals surface area contributed by atoms with Crippen LogP contribution in [0.5, 0.6) is 0 Å². The van der Waals surface area contributed by atoms with Crippen molar-refractivity contribution in [3.8, 4) is 0 Å². The quantitative estimate of drug-likeness (QED) is 0.197. The van der Waals surface area contributed by atoms with Gasteiger partial charge in [-0.1, -0.05) is 167 Å². The highest BCUT2D eigenvalue weighted by molar-refractivity contribution is 5.92. The molecule has 2 nitrogen and oxygen atoms in total. The fourth-order valence-electron chi connectivity index (χ4n) is 14.5. The molecule has 0 saturated heterocycles. The van der Waals surface area contributed by atoms with Gasteiger partial charge < -0.3 is 9.80 Å². The Morgan fingerprint density at radius 2 is 1.60 bits per heavy atom. The predicted molar refractivity (Wildman–Crippen MR) is 295 cm³/mol. The molecule has 5 unspecified atom stereocenters. The topological polar surface area (TPSA) is 6.48 Å². The van der Waals surface area contributed by atoms with Gasteiger partial charge in [0, 0.05) is 57.0 Å². The van der Waals surface area contributed by atoms with E-state index in [-0.39, 0.29) is 11.3 Å². The number of hydrogen-bond acceptors (Lipinski definition) is 2. The molecule has 3 aromatic rings.